The van der Waals surface area contributed by atoms with E-state index in [9.17, 15) is 0 Å². The lowest BCUT2D eigenvalue weighted by Crippen LogP contribution is -2.09. The second-order valence-corrected chi connectivity index (χ2v) is 5.69. The maximum atomic E-state index is 4.33. The van der Waals surface area contributed by atoms with Crippen molar-refractivity contribution in [2.24, 2.45) is 0 Å². The predicted octanol–water partition coefficient (Wildman–Crippen LogP) is 2.89. The van der Waals surface area contributed by atoms with Crippen LogP contribution in [-0.2, 0) is 6.42 Å². The third-order valence-corrected chi connectivity index (χ3v) is 3.95. The third-order valence-electron chi connectivity index (χ3n) is 2.95. The molecule has 0 aliphatic heterocycles. The van der Waals surface area contributed by atoms with E-state index in [-0.39, 0.29) is 0 Å². The quantitative estimate of drug-likeness (QED) is 0.919. The molecule has 1 aromatic carbocycles. The Morgan fingerprint density at radius 3 is 2.39 bits per heavy atom. The highest BCUT2D eigenvalue weighted by Crippen LogP contribution is 2.30. The lowest BCUT2D eigenvalue weighted by molar-refractivity contribution is 0.779. The molecule has 4 heteroatoms. The highest BCUT2D eigenvalue weighted by atomic mass is 32.1. The van der Waals surface area contributed by atoms with Crippen molar-refractivity contribution in [3.05, 3.63) is 33.8 Å². The molecule has 0 aliphatic carbocycles. The molecule has 0 aliphatic rings. The standard InChI is InChI=1S/C14H19N3S/c1-9-7-10(2)13(11(3)8-9)14-17-16-12(18-14)5-6-15-4/h7-8,15H,5-6H2,1-4H3. The zero-order valence-corrected chi connectivity index (χ0v) is 12.2. The molecule has 0 bridgehead atoms. The minimum absolute atomic E-state index is 0.943. The van der Waals surface area contributed by atoms with Crippen LogP contribution in [0.25, 0.3) is 10.6 Å². The van der Waals surface area contributed by atoms with Gasteiger partial charge in [-0.3, -0.25) is 0 Å². The Bertz CT molecular complexity index is 523. The van der Waals surface area contributed by atoms with E-state index in [2.05, 4.69) is 48.4 Å². The fourth-order valence-electron chi connectivity index (χ4n) is 2.20. The first-order valence-corrected chi connectivity index (χ1v) is 6.98. The fourth-order valence-corrected chi connectivity index (χ4v) is 3.22. The van der Waals surface area contributed by atoms with Gasteiger partial charge in [0.2, 0.25) is 0 Å². The molecular formula is C14H19N3S. The van der Waals surface area contributed by atoms with Gasteiger partial charge in [0.05, 0.1) is 0 Å². The topological polar surface area (TPSA) is 37.8 Å². The number of nitrogens with one attached hydrogen (secondary N) is 1. The highest BCUT2D eigenvalue weighted by Gasteiger charge is 2.12. The van der Waals surface area contributed by atoms with Crippen LogP contribution in [0.3, 0.4) is 0 Å². The summed E-state index contributed by atoms with van der Waals surface area (Å²) in [5, 5.41) is 13.9. The summed E-state index contributed by atoms with van der Waals surface area (Å²) in [6, 6.07) is 4.41. The number of benzene rings is 1. The summed E-state index contributed by atoms with van der Waals surface area (Å²) in [6.07, 6.45) is 0.943. The monoisotopic (exact) mass is 261 g/mol. The van der Waals surface area contributed by atoms with E-state index in [1.807, 2.05) is 7.05 Å². The van der Waals surface area contributed by atoms with Crippen LogP contribution in [0.5, 0.6) is 0 Å². The first-order chi connectivity index (χ1) is 8.61. The SMILES string of the molecule is CNCCc1nnc(-c2c(C)cc(C)cc2C)s1. The van der Waals surface area contributed by atoms with E-state index < -0.39 is 0 Å². The Balaban J connectivity index is 2.34. The van der Waals surface area contributed by atoms with Crippen molar-refractivity contribution in [3.63, 3.8) is 0 Å². The Morgan fingerprint density at radius 2 is 1.78 bits per heavy atom. The van der Waals surface area contributed by atoms with E-state index in [1.165, 1.54) is 22.3 Å². The van der Waals surface area contributed by atoms with E-state index in [4.69, 9.17) is 0 Å². The number of aromatic nitrogens is 2. The molecule has 0 atom stereocenters. The summed E-state index contributed by atoms with van der Waals surface area (Å²) in [4.78, 5) is 0. The number of aryl methyl sites for hydroxylation is 3. The minimum atomic E-state index is 0.943. The molecule has 96 valence electrons. The number of nitrogens with zero attached hydrogens (tertiary/aromatic N) is 2. The molecule has 1 aromatic heterocycles. The molecule has 2 rings (SSSR count). The van der Waals surface area contributed by atoms with Gasteiger partial charge in [0, 0.05) is 18.5 Å². The molecule has 0 amide bonds. The molecule has 0 radical (unpaired) electrons. The van der Waals surface area contributed by atoms with Crippen molar-refractivity contribution in [2.75, 3.05) is 13.6 Å². The summed E-state index contributed by atoms with van der Waals surface area (Å²) >= 11 is 1.70. The number of rotatable bonds is 4. The van der Waals surface area contributed by atoms with Gasteiger partial charge in [-0.2, -0.15) is 0 Å². The highest BCUT2D eigenvalue weighted by molar-refractivity contribution is 7.14. The average Bonchev–Trinajstić information content (AvgIpc) is 2.73. The molecule has 1 heterocycles. The van der Waals surface area contributed by atoms with Gasteiger partial charge in [0.15, 0.2) is 0 Å². The number of hydrogen-bond donors (Lipinski definition) is 1. The molecular weight excluding hydrogens is 242 g/mol. The van der Waals surface area contributed by atoms with Gasteiger partial charge in [-0.1, -0.05) is 29.0 Å². The van der Waals surface area contributed by atoms with Crippen molar-refractivity contribution < 1.29 is 0 Å². The van der Waals surface area contributed by atoms with Crippen LogP contribution >= 0.6 is 11.3 Å². The van der Waals surface area contributed by atoms with Crippen LogP contribution in [0.4, 0.5) is 0 Å². The zero-order chi connectivity index (χ0) is 13.1. The van der Waals surface area contributed by atoms with E-state index >= 15 is 0 Å². The van der Waals surface area contributed by atoms with Gasteiger partial charge in [-0.25, -0.2) is 0 Å². The summed E-state index contributed by atoms with van der Waals surface area (Å²) < 4.78 is 0. The van der Waals surface area contributed by atoms with Crippen molar-refractivity contribution in [2.45, 2.75) is 27.2 Å². The largest absolute Gasteiger partial charge is 0.319 e. The lowest BCUT2D eigenvalue weighted by Gasteiger charge is -2.07. The fraction of sp³-hybridized carbons (Fsp3) is 0.429. The first-order valence-electron chi connectivity index (χ1n) is 6.17. The molecule has 1 N–H and O–H groups in total. The van der Waals surface area contributed by atoms with Crippen LogP contribution in [0.15, 0.2) is 12.1 Å². The number of hydrogen-bond acceptors (Lipinski definition) is 4. The molecule has 0 saturated carbocycles. The summed E-state index contributed by atoms with van der Waals surface area (Å²) in [5.41, 5.74) is 5.11. The van der Waals surface area contributed by atoms with Gasteiger partial charge >= 0.3 is 0 Å². The van der Waals surface area contributed by atoms with Crippen molar-refractivity contribution in [1.82, 2.24) is 15.5 Å². The van der Waals surface area contributed by atoms with Crippen LogP contribution in [0, 0.1) is 20.8 Å². The van der Waals surface area contributed by atoms with Crippen molar-refractivity contribution in [1.29, 1.82) is 0 Å². The Hall–Kier alpha value is -1.26. The van der Waals surface area contributed by atoms with Crippen LogP contribution in [0.1, 0.15) is 21.7 Å². The minimum Gasteiger partial charge on any atom is -0.319 e. The molecule has 0 saturated heterocycles. The van der Waals surface area contributed by atoms with Gasteiger partial charge in [-0.05, 0) is 38.9 Å². The van der Waals surface area contributed by atoms with Crippen molar-refractivity contribution >= 4 is 11.3 Å². The summed E-state index contributed by atoms with van der Waals surface area (Å²) in [5.74, 6) is 0. The summed E-state index contributed by atoms with van der Waals surface area (Å²) in [7, 11) is 1.95. The maximum absolute atomic E-state index is 4.33. The molecule has 3 nitrogen and oxygen atoms in total. The van der Waals surface area contributed by atoms with Gasteiger partial charge in [0.1, 0.15) is 10.0 Å². The van der Waals surface area contributed by atoms with Gasteiger partial charge in [0.25, 0.3) is 0 Å². The lowest BCUT2D eigenvalue weighted by atomic mass is 10.0. The zero-order valence-electron chi connectivity index (χ0n) is 11.4. The predicted molar refractivity (Wildman–Crippen MR) is 77.2 cm³/mol. The molecule has 18 heavy (non-hydrogen) atoms. The smallest absolute Gasteiger partial charge is 0.148 e. The van der Waals surface area contributed by atoms with E-state index in [1.54, 1.807) is 11.3 Å². The Kier molecular flexibility index (Phi) is 4.09. The molecule has 2 aromatic rings. The molecule has 0 spiro atoms. The Labute approximate surface area is 112 Å². The third kappa shape index (κ3) is 2.76. The maximum Gasteiger partial charge on any atom is 0.148 e. The second kappa shape index (κ2) is 5.59. The second-order valence-electron chi connectivity index (χ2n) is 4.63. The van der Waals surface area contributed by atoms with Crippen LogP contribution in [-0.4, -0.2) is 23.8 Å². The van der Waals surface area contributed by atoms with Crippen molar-refractivity contribution in [3.8, 4) is 10.6 Å². The van der Waals surface area contributed by atoms with Gasteiger partial charge in [-0.15, -0.1) is 10.2 Å². The van der Waals surface area contributed by atoms with Crippen LogP contribution in [0.2, 0.25) is 0 Å². The van der Waals surface area contributed by atoms with E-state index in [0.717, 1.165) is 23.0 Å². The first kappa shape index (κ1) is 13.2. The summed E-state index contributed by atoms with van der Waals surface area (Å²) in [6.45, 7) is 7.36. The molecule has 0 unspecified atom stereocenters. The average molecular weight is 261 g/mol. The van der Waals surface area contributed by atoms with Gasteiger partial charge < -0.3 is 5.32 Å². The Morgan fingerprint density at radius 1 is 1.11 bits per heavy atom. The molecule has 0 fully saturated rings. The normalized spacial score (nSPS) is 10.9. The number of likely N-dealkylation sites (N-methyl/N-ethyl adjacent to an activating group) is 1. The van der Waals surface area contributed by atoms with E-state index in [0.29, 0.717) is 0 Å². The van der Waals surface area contributed by atoms with Crippen LogP contribution < -0.4 is 5.32 Å².